The molecule has 1 N–H and O–H groups in total. The lowest BCUT2D eigenvalue weighted by Crippen LogP contribution is -2.43. The summed E-state index contributed by atoms with van der Waals surface area (Å²) < 4.78 is 28.5. The largest absolute Gasteiger partial charge is 0.261 e. The summed E-state index contributed by atoms with van der Waals surface area (Å²) in [6.07, 6.45) is 1.66. The lowest BCUT2D eigenvalue weighted by Gasteiger charge is -2.25. The van der Waals surface area contributed by atoms with Gasteiger partial charge in [-0.25, -0.2) is 17.8 Å². The van der Waals surface area contributed by atoms with Crippen molar-refractivity contribution in [3.05, 3.63) is 4.60 Å². The quantitative estimate of drug-likeness (QED) is 0.888. The van der Waals surface area contributed by atoms with Crippen LogP contribution in [0, 0.1) is 0 Å². The van der Waals surface area contributed by atoms with Crippen molar-refractivity contribution in [3.63, 3.8) is 0 Å². The molecule has 1 heterocycles. The number of rotatable bonds is 5. The number of hydrogen-bond acceptors (Lipinski definition) is 4. The molecule has 8 heteroatoms. The number of aryl methyl sites for hydroxylation is 1. The van der Waals surface area contributed by atoms with Gasteiger partial charge >= 0.3 is 0 Å². The molecule has 0 saturated heterocycles. The number of nitrogens with zero attached hydrogens (tertiary/aromatic N) is 3. The van der Waals surface area contributed by atoms with Crippen LogP contribution in [-0.2, 0) is 17.1 Å². The van der Waals surface area contributed by atoms with Crippen molar-refractivity contribution in [3.8, 4) is 0 Å². The van der Waals surface area contributed by atoms with Gasteiger partial charge in [-0.05, 0) is 36.2 Å². The molecule has 0 saturated carbocycles. The molecule has 1 aromatic heterocycles. The smallest absolute Gasteiger partial charge is 0.235 e. The molecule has 0 aliphatic heterocycles. The van der Waals surface area contributed by atoms with Gasteiger partial charge in [0.2, 0.25) is 5.03 Å². The number of sulfonamides is 1. The topological polar surface area (TPSA) is 76.9 Å². The van der Waals surface area contributed by atoms with E-state index in [-0.39, 0.29) is 9.63 Å². The van der Waals surface area contributed by atoms with Gasteiger partial charge in [-0.2, -0.15) is 0 Å². The fraction of sp³-hybridized carbons (Fsp3) is 0.778. The van der Waals surface area contributed by atoms with Gasteiger partial charge in [-0.15, -0.1) is 5.10 Å². The van der Waals surface area contributed by atoms with Gasteiger partial charge in [0.1, 0.15) is 0 Å². The van der Waals surface area contributed by atoms with Crippen LogP contribution in [0.5, 0.6) is 0 Å². The van der Waals surface area contributed by atoms with E-state index in [1.165, 1.54) is 4.68 Å². The van der Waals surface area contributed by atoms with Crippen LogP contribution in [-0.4, -0.2) is 29.0 Å². The summed E-state index contributed by atoms with van der Waals surface area (Å²) in [6.45, 7) is 5.72. The summed E-state index contributed by atoms with van der Waals surface area (Å²) in [4.78, 5) is 0. The monoisotopic (exact) mass is 324 g/mol. The Morgan fingerprint density at radius 2 is 2.06 bits per heavy atom. The number of halogens is 1. The molecule has 0 aliphatic carbocycles. The molecule has 1 rings (SSSR count). The van der Waals surface area contributed by atoms with Crippen molar-refractivity contribution in [2.24, 2.45) is 7.05 Å². The Labute approximate surface area is 110 Å². The van der Waals surface area contributed by atoms with Crippen LogP contribution >= 0.6 is 15.9 Å². The number of nitrogens with one attached hydrogen (secondary N) is 1. The first-order chi connectivity index (χ1) is 7.69. The zero-order valence-electron chi connectivity index (χ0n) is 10.4. The second kappa shape index (κ2) is 5.03. The van der Waals surface area contributed by atoms with Crippen LogP contribution < -0.4 is 4.72 Å². The first-order valence-corrected chi connectivity index (χ1v) is 7.56. The summed E-state index contributed by atoms with van der Waals surface area (Å²) in [7, 11) is -2.08. The van der Waals surface area contributed by atoms with E-state index in [9.17, 15) is 8.42 Å². The van der Waals surface area contributed by atoms with Crippen molar-refractivity contribution in [2.75, 3.05) is 0 Å². The maximum Gasteiger partial charge on any atom is 0.261 e. The predicted octanol–water partition coefficient (Wildman–Crippen LogP) is 1.43. The summed E-state index contributed by atoms with van der Waals surface area (Å²) in [6, 6.07) is 0. The van der Waals surface area contributed by atoms with E-state index in [1.54, 1.807) is 7.05 Å². The Morgan fingerprint density at radius 3 is 2.47 bits per heavy atom. The van der Waals surface area contributed by atoms with Gasteiger partial charge in [0.05, 0.1) is 0 Å². The minimum absolute atomic E-state index is 0.0432. The summed E-state index contributed by atoms with van der Waals surface area (Å²) in [5, 5.41) is 7.37. The van der Waals surface area contributed by atoms with Crippen LogP contribution in [0.4, 0.5) is 0 Å². The Balaban J connectivity index is 3.06. The zero-order valence-corrected chi connectivity index (χ0v) is 12.8. The number of aromatic nitrogens is 3. The lowest BCUT2D eigenvalue weighted by atomic mass is 10.0. The normalized spacial score (nSPS) is 13.0. The van der Waals surface area contributed by atoms with Gasteiger partial charge in [0, 0.05) is 12.6 Å². The standard InChI is InChI=1S/C9H17BrN4O2S/c1-5-6-9(2,3)12-17(15,16)8-7(10)11-13-14(8)4/h12H,5-6H2,1-4H3. The highest BCUT2D eigenvalue weighted by molar-refractivity contribution is 9.10. The van der Waals surface area contributed by atoms with Crippen LogP contribution in [0.25, 0.3) is 0 Å². The molecule has 17 heavy (non-hydrogen) atoms. The van der Waals surface area contributed by atoms with Crippen molar-refractivity contribution in [2.45, 2.75) is 44.2 Å². The van der Waals surface area contributed by atoms with Crippen LogP contribution in [0.3, 0.4) is 0 Å². The van der Waals surface area contributed by atoms with Crippen LogP contribution in [0.1, 0.15) is 33.6 Å². The highest BCUT2D eigenvalue weighted by atomic mass is 79.9. The minimum Gasteiger partial charge on any atom is -0.235 e. The molecular weight excluding hydrogens is 308 g/mol. The van der Waals surface area contributed by atoms with Crippen molar-refractivity contribution >= 4 is 26.0 Å². The summed E-state index contributed by atoms with van der Waals surface area (Å²) in [5.74, 6) is 0. The molecule has 1 aromatic rings. The first kappa shape index (κ1) is 14.6. The van der Waals surface area contributed by atoms with Gasteiger partial charge in [-0.1, -0.05) is 18.6 Å². The van der Waals surface area contributed by atoms with Gasteiger partial charge in [-0.3, -0.25) is 0 Å². The van der Waals surface area contributed by atoms with E-state index in [2.05, 4.69) is 31.0 Å². The third kappa shape index (κ3) is 3.49. The molecule has 0 amide bonds. The van der Waals surface area contributed by atoms with E-state index in [0.717, 1.165) is 12.8 Å². The molecule has 6 nitrogen and oxygen atoms in total. The van der Waals surface area contributed by atoms with Crippen LogP contribution in [0.2, 0.25) is 0 Å². The Morgan fingerprint density at radius 1 is 1.47 bits per heavy atom. The zero-order chi connectivity index (χ0) is 13.3. The molecule has 0 spiro atoms. The molecule has 0 fully saturated rings. The molecule has 0 aliphatic rings. The second-order valence-corrected chi connectivity index (χ2v) is 6.90. The average Bonchev–Trinajstić information content (AvgIpc) is 2.43. The Hall–Kier alpha value is -0.470. The Bertz CT molecular complexity index is 476. The maximum absolute atomic E-state index is 12.2. The maximum atomic E-state index is 12.2. The van der Waals surface area contributed by atoms with Crippen molar-refractivity contribution in [1.82, 2.24) is 19.7 Å². The van der Waals surface area contributed by atoms with Gasteiger partial charge in [0.15, 0.2) is 4.60 Å². The van der Waals surface area contributed by atoms with Crippen molar-refractivity contribution < 1.29 is 8.42 Å². The highest BCUT2D eigenvalue weighted by Crippen LogP contribution is 2.21. The predicted molar refractivity (Wildman–Crippen MR) is 68.0 cm³/mol. The molecular formula is C9H17BrN4O2S. The van der Waals surface area contributed by atoms with E-state index < -0.39 is 15.6 Å². The molecule has 0 unspecified atom stereocenters. The summed E-state index contributed by atoms with van der Waals surface area (Å²) >= 11 is 3.09. The highest BCUT2D eigenvalue weighted by Gasteiger charge is 2.30. The molecule has 0 aromatic carbocycles. The third-order valence-electron chi connectivity index (χ3n) is 2.28. The number of hydrogen-bond donors (Lipinski definition) is 1. The van der Waals surface area contributed by atoms with E-state index >= 15 is 0 Å². The fourth-order valence-corrected chi connectivity index (χ4v) is 4.24. The second-order valence-electron chi connectivity index (χ2n) is 4.55. The Kier molecular flexibility index (Phi) is 4.32. The van der Waals surface area contributed by atoms with Gasteiger partial charge < -0.3 is 0 Å². The van der Waals surface area contributed by atoms with Gasteiger partial charge in [0.25, 0.3) is 10.0 Å². The first-order valence-electron chi connectivity index (χ1n) is 5.29. The average molecular weight is 325 g/mol. The molecule has 0 bridgehead atoms. The molecule has 98 valence electrons. The van der Waals surface area contributed by atoms with E-state index in [4.69, 9.17) is 0 Å². The third-order valence-corrected chi connectivity index (χ3v) is 4.86. The SMILES string of the molecule is CCCC(C)(C)NS(=O)(=O)c1c(Br)nnn1C. The molecule has 0 atom stereocenters. The lowest BCUT2D eigenvalue weighted by molar-refractivity contribution is 0.415. The van der Waals surface area contributed by atoms with Crippen molar-refractivity contribution in [1.29, 1.82) is 0 Å². The van der Waals surface area contributed by atoms with E-state index in [1.807, 2.05) is 20.8 Å². The molecule has 0 radical (unpaired) electrons. The fourth-order valence-electron chi connectivity index (χ4n) is 1.70. The minimum atomic E-state index is -3.62. The van der Waals surface area contributed by atoms with Crippen LogP contribution in [0.15, 0.2) is 9.63 Å². The van der Waals surface area contributed by atoms with E-state index in [0.29, 0.717) is 0 Å². The summed E-state index contributed by atoms with van der Waals surface area (Å²) in [5.41, 5.74) is -0.489.